The Morgan fingerprint density at radius 3 is 2.58 bits per heavy atom. The van der Waals surface area contributed by atoms with Crippen molar-refractivity contribution >= 4 is 11.9 Å². The predicted octanol–water partition coefficient (Wildman–Crippen LogP) is 2.31. The molecule has 0 saturated carbocycles. The van der Waals surface area contributed by atoms with Crippen LogP contribution in [0.2, 0.25) is 0 Å². The number of nitrogens with one attached hydrogen (secondary N) is 3. The van der Waals surface area contributed by atoms with E-state index in [-0.39, 0.29) is 17.8 Å². The van der Waals surface area contributed by atoms with Gasteiger partial charge in [0.1, 0.15) is 17.7 Å². The zero-order valence-electron chi connectivity index (χ0n) is 16.4. The van der Waals surface area contributed by atoms with Gasteiger partial charge in [0.15, 0.2) is 5.96 Å². The number of halogens is 1. The monoisotopic (exact) mass is 366 g/mol. The zero-order chi connectivity index (χ0) is 19.6. The first-order valence-corrected chi connectivity index (χ1v) is 8.97. The average molecular weight is 366 g/mol. The SMILES string of the molecule is CCNC(=O)C(C)(C)CNC(=NC)NCC(CC)Oc1cccc(F)c1. The summed E-state index contributed by atoms with van der Waals surface area (Å²) in [6, 6.07) is 6.10. The number of amides is 1. The van der Waals surface area contributed by atoms with E-state index in [1.807, 2.05) is 27.7 Å². The minimum absolute atomic E-state index is 0.0103. The van der Waals surface area contributed by atoms with Crippen molar-refractivity contribution in [3.63, 3.8) is 0 Å². The second-order valence-electron chi connectivity index (χ2n) is 6.66. The minimum Gasteiger partial charge on any atom is -0.489 e. The van der Waals surface area contributed by atoms with Gasteiger partial charge in [0.2, 0.25) is 5.91 Å². The number of ether oxygens (including phenoxy) is 1. The van der Waals surface area contributed by atoms with Gasteiger partial charge in [0.25, 0.3) is 0 Å². The van der Waals surface area contributed by atoms with E-state index in [0.717, 1.165) is 6.42 Å². The summed E-state index contributed by atoms with van der Waals surface area (Å²) in [6.45, 7) is 9.20. The lowest BCUT2D eigenvalue weighted by molar-refractivity contribution is -0.128. The fourth-order valence-electron chi connectivity index (χ4n) is 2.22. The van der Waals surface area contributed by atoms with Crippen LogP contribution in [0.1, 0.15) is 34.1 Å². The van der Waals surface area contributed by atoms with Crippen LogP contribution in [0.15, 0.2) is 29.3 Å². The van der Waals surface area contributed by atoms with E-state index in [4.69, 9.17) is 4.74 Å². The van der Waals surface area contributed by atoms with Gasteiger partial charge in [0, 0.05) is 26.2 Å². The third-order valence-electron chi connectivity index (χ3n) is 3.92. The van der Waals surface area contributed by atoms with Crippen molar-refractivity contribution in [3.8, 4) is 5.75 Å². The fraction of sp³-hybridized carbons (Fsp3) is 0.579. The molecule has 0 fully saturated rings. The van der Waals surface area contributed by atoms with Crippen molar-refractivity contribution in [2.45, 2.75) is 40.2 Å². The molecule has 26 heavy (non-hydrogen) atoms. The summed E-state index contributed by atoms with van der Waals surface area (Å²) in [6.07, 6.45) is 0.622. The molecule has 1 rings (SSSR count). The van der Waals surface area contributed by atoms with Gasteiger partial charge >= 0.3 is 0 Å². The van der Waals surface area contributed by atoms with Crippen LogP contribution in [0.3, 0.4) is 0 Å². The highest BCUT2D eigenvalue weighted by molar-refractivity contribution is 5.84. The van der Waals surface area contributed by atoms with E-state index in [0.29, 0.717) is 31.3 Å². The third kappa shape index (κ3) is 7.29. The summed E-state index contributed by atoms with van der Waals surface area (Å²) in [5, 5.41) is 9.18. The van der Waals surface area contributed by atoms with Gasteiger partial charge < -0.3 is 20.7 Å². The second kappa shape index (κ2) is 10.6. The molecule has 0 aliphatic rings. The lowest BCUT2D eigenvalue weighted by Crippen LogP contribution is -2.49. The first-order chi connectivity index (χ1) is 12.3. The van der Waals surface area contributed by atoms with Crippen LogP contribution >= 0.6 is 0 Å². The molecule has 1 aromatic rings. The average Bonchev–Trinajstić information content (AvgIpc) is 2.60. The van der Waals surface area contributed by atoms with Gasteiger partial charge in [-0.25, -0.2) is 4.39 Å². The highest BCUT2D eigenvalue weighted by atomic mass is 19.1. The number of aliphatic imine (C=N–C) groups is 1. The molecule has 1 aromatic carbocycles. The lowest BCUT2D eigenvalue weighted by atomic mass is 9.92. The molecule has 1 unspecified atom stereocenters. The summed E-state index contributed by atoms with van der Waals surface area (Å²) in [4.78, 5) is 16.2. The van der Waals surface area contributed by atoms with Gasteiger partial charge in [-0.3, -0.25) is 9.79 Å². The second-order valence-corrected chi connectivity index (χ2v) is 6.66. The van der Waals surface area contributed by atoms with Gasteiger partial charge in [0.05, 0.1) is 12.0 Å². The van der Waals surface area contributed by atoms with Crippen LogP contribution in [0.4, 0.5) is 4.39 Å². The Morgan fingerprint density at radius 1 is 1.27 bits per heavy atom. The maximum atomic E-state index is 13.3. The van der Waals surface area contributed by atoms with E-state index >= 15 is 0 Å². The van der Waals surface area contributed by atoms with Crippen molar-refractivity contribution in [3.05, 3.63) is 30.1 Å². The molecular weight excluding hydrogens is 335 g/mol. The number of rotatable bonds is 9. The summed E-state index contributed by atoms with van der Waals surface area (Å²) in [5.74, 6) is 0.752. The van der Waals surface area contributed by atoms with E-state index in [1.165, 1.54) is 12.1 Å². The zero-order valence-corrected chi connectivity index (χ0v) is 16.4. The van der Waals surface area contributed by atoms with Gasteiger partial charge in [-0.1, -0.05) is 13.0 Å². The van der Waals surface area contributed by atoms with Crippen LogP contribution in [0.25, 0.3) is 0 Å². The number of nitrogens with zero attached hydrogens (tertiary/aromatic N) is 1. The topological polar surface area (TPSA) is 74.8 Å². The highest BCUT2D eigenvalue weighted by Crippen LogP contribution is 2.15. The lowest BCUT2D eigenvalue weighted by Gasteiger charge is -2.25. The molecule has 0 saturated heterocycles. The Labute approximate surface area is 155 Å². The van der Waals surface area contributed by atoms with Crippen LogP contribution < -0.4 is 20.7 Å². The van der Waals surface area contributed by atoms with E-state index in [9.17, 15) is 9.18 Å². The molecule has 0 spiro atoms. The molecule has 1 amide bonds. The van der Waals surface area contributed by atoms with Crippen LogP contribution in [0, 0.1) is 11.2 Å². The van der Waals surface area contributed by atoms with Crippen molar-refractivity contribution in [1.82, 2.24) is 16.0 Å². The smallest absolute Gasteiger partial charge is 0.227 e. The first kappa shape index (κ1) is 21.7. The van der Waals surface area contributed by atoms with Gasteiger partial charge in [-0.15, -0.1) is 0 Å². The van der Waals surface area contributed by atoms with Crippen LogP contribution in [-0.2, 0) is 4.79 Å². The number of benzene rings is 1. The predicted molar refractivity (Wildman–Crippen MR) is 103 cm³/mol. The molecule has 0 bridgehead atoms. The minimum atomic E-state index is -0.560. The van der Waals surface area contributed by atoms with Crippen molar-refractivity contribution in [2.24, 2.45) is 10.4 Å². The quantitative estimate of drug-likeness (QED) is 0.463. The van der Waals surface area contributed by atoms with Crippen molar-refractivity contribution < 1.29 is 13.9 Å². The summed E-state index contributed by atoms with van der Waals surface area (Å²) >= 11 is 0. The van der Waals surface area contributed by atoms with Crippen LogP contribution in [-0.4, -0.2) is 44.7 Å². The first-order valence-electron chi connectivity index (χ1n) is 8.97. The molecule has 1 atom stereocenters. The fourth-order valence-corrected chi connectivity index (χ4v) is 2.22. The summed E-state index contributed by atoms with van der Waals surface area (Å²) in [7, 11) is 1.67. The number of carbonyl (C=O) groups excluding carboxylic acids is 1. The molecule has 0 radical (unpaired) electrons. The maximum Gasteiger partial charge on any atom is 0.227 e. The molecule has 146 valence electrons. The van der Waals surface area contributed by atoms with E-state index in [2.05, 4.69) is 20.9 Å². The molecule has 6 nitrogen and oxygen atoms in total. The highest BCUT2D eigenvalue weighted by Gasteiger charge is 2.27. The third-order valence-corrected chi connectivity index (χ3v) is 3.92. The Morgan fingerprint density at radius 2 is 2.00 bits per heavy atom. The van der Waals surface area contributed by atoms with E-state index < -0.39 is 5.41 Å². The van der Waals surface area contributed by atoms with Gasteiger partial charge in [-0.2, -0.15) is 0 Å². The summed E-state index contributed by atoms with van der Waals surface area (Å²) < 4.78 is 19.1. The normalized spacial score (nSPS) is 13.1. The van der Waals surface area contributed by atoms with Crippen LogP contribution in [0.5, 0.6) is 5.75 Å². The standard InChI is InChI=1S/C19H31FN4O2/c1-6-15(26-16-10-8-9-14(20)11-16)12-23-18(21-5)24-13-19(3,4)17(25)22-7-2/h8-11,15H,6-7,12-13H2,1-5H3,(H,22,25)(H2,21,23,24). The molecule has 0 heterocycles. The van der Waals surface area contributed by atoms with E-state index in [1.54, 1.807) is 19.2 Å². The number of hydrogen-bond acceptors (Lipinski definition) is 3. The Bertz CT molecular complexity index is 605. The Kier molecular flexibility index (Phi) is 8.88. The maximum absolute atomic E-state index is 13.3. The van der Waals surface area contributed by atoms with Gasteiger partial charge in [-0.05, 0) is 39.3 Å². The number of carbonyl (C=O) groups is 1. The summed E-state index contributed by atoms with van der Waals surface area (Å²) in [5.41, 5.74) is -0.560. The molecule has 7 heteroatoms. The van der Waals surface area contributed by atoms with Crippen molar-refractivity contribution in [1.29, 1.82) is 0 Å². The molecule has 0 aliphatic carbocycles. The Hall–Kier alpha value is -2.31. The number of guanidine groups is 1. The van der Waals surface area contributed by atoms with Crippen molar-refractivity contribution in [2.75, 3.05) is 26.7 Å². The largest absolute Gasteiger partial charge is 0.489 e. The molecule has 3 N–H and O–H groups in total. The molecule has 0 aromatic heterocycles. The molecular formula is C19H31FN4O2. The Balaban J connectivity index is 2.52. The molecule has 0 aliphatic heterocycles. The number of hydrogen-bond donors (Lipinski definition) is 3.